The standard InChI is InChI=1S/C18H18O4S/c1-18(2,3)15(19)10-22-17(20)14-8-11-9-21-13-7-5-4-6-12(13)16(11)23-14/h4-8H,9-10H2,1-3H3. The van der Waals surface area contributed by atoms with Gasteiger partial charge in [0.05, 0.1) is 0 Å². The summed E-state index contributed by atoms with van der Waals surface area (Å²) in [5.41, 5.74) is 1.45. The van der Waals surface area contributed by atoms with Crippen LogP contribution in [0.4, 0.5) is 0 Å². The Morgan fingerprint density at radius 3 is 2.74 bits per heavy atom. The van der Waals surface area contributed by atoms with Gasteiger partial charge >= 0.3 is 5.97 Å². The molecule has 0 saturated carbocycles. The van der Waals surface area contributed by atoms with Gasteiger partial charge in [0.2, 0.25) is 0 Å². The van der Waals surface area contributed by atoms with Gasteiger partial charge in [-0.1, -0.05) is 32.9 Å². The Balaban J connectivity index is 1.78. The van der Waals surface area contributed by atoms with Gasteiger partial charge in [0.15, 0.2) is 12.4 Å². The zero-order valence-electron chi connectivity index (χ0n) is 13.3. The largest absolute Gasteiger partial charge is 0.488 e. The summed E-state index contributed by atoms with van der Waals surface area (Å²) in [4.78, 5) is 25.6. The van der Waals surface area contributed by atoms with E-state index >= 15 is 0 Å². The maximum atomic E-state index is 12.2. The van der Waals surface area contributed by atoms with E-state index in [1.54, 1.807) is 26.8 Å². The van der Waals surface area contributed by atoms with Gasteiger partial charge < -0.3 is 9.47 Å². The number of thiophene rings is 1. The SMILES string of the molecule is CC(C)(C)C(=O)COC(=O)c1cc2c(s1)-c1ccccc1OC2. The molecule has 2 heterocycles. The lowest BCUT2D eigenvalue weighted by molar-refractivity contribution is -0.129. The minimum Gasteiger partial charge on any atom is -0.488 e. The van der Waals surface area contributed by atoms with E-state index in [4.69, 9.17) is 9.47 Å². The number of carbonyl (C=O) groups is 2. The normalized spacial score (nSPS) is 12.8. The second-order valence-corrected chi connectivity index (χ2v) is 7.55. The Bertz CT molecular complexity index is 768. The van der Waals surface area contributed by atoms with Crippen LogP contribution >= 0.6 is 11.3 Å². The van der Waals surface area contributed by atoms with Crippen LogP contribution in [0.3, 0.4) is 0 Å². The summed E-state index contributed by atoms with van der Waals surface area (Å²) in [7, 11) is 0. The molecule has 3 rings (SSSR count). The first-order valence-corrected chi connectivity index (χ1v) is 8.23. The van der Waals surface area contributed by atoms with Crippen LogP contribution in [0.2, 0.25) is 0 Å². The highest BCUT2D eigenvalue weighted by molar-refractivity contribution is 7.17. The van der Waals surface area contributed by atoms with Crippen LogP contribution in [0.25, 0.3) is 10.4 Å². The smallest absolute Gasteiger partial charge is 0.348 e. The highest BCUT2D eigenvalue weighted by Gasteiger charge is 2.25. The number of Topliss-reactive ketones (excluding diaryl/α,β-unsaturated/α-hetero) is 1. The Kier molecular flexibility index (Phi) is 3.98. The summed E-state index contributed by atoms with van der Waals surface area (Å²) in [6, 6.07) is 9.54. The highest BCUT2D eigenvalue weighted by atomic mass is 32.1. The molecule has 0 unspecified atom stereocenters. The first kappa shape index (κ1) is 15.7. The summed E-state index contributed by atoms with van der Waals surface area (Å²) in [5, 5.41) is 0. The third-order valence-electron chi connectivity index (χ3n) is 3.70. The lowest BCUT2D eigenvalue weighted by Crippen LogP contribution is -2.26. The summed E-state index contributed by atoms with van der Waals surface area (Å²) in [6.07, 6.45) is 0. The molecule has 0 spiro atoms. The number of fused-ring (bicyclic) bond motifs is 3. The Hall–Kier alpha value is -2.14. The molecule has 0 radical (unpaired) electrons. The van der Waals surface area contributed by atoms with Crippen LogP contribution < -0.4 is 4.74 Å². The molecular formula is C18H18O4S. The molecule has 0 N–H and O–H groups in total. The molecule has 0 bridgehead atoms. The molecule has 1 aliphatic heterocycles. The van der Waals surface area contributed by atoms with Crippen LogP contribution in [0.15, 0.2) is 30.3 Å². The lowest BCUT2D eigenvalue weighted by Gasteiger charge is -2.16. The second-order valence-electron chi connectivity index (χ2n) is 6.50. The molecule has 120 valence electrons. The van der Waals surface area contributed by atoms with E-state index in [2.05, 4.69) is 0 Å². The molecule has 0 fully saturated rings. The monoisotopic (exact) mass is 330 g/mol. The fraction of sp³-hybridized carbons (Fsp3) is 0.333. The van der Waals surface area contributed by atoms with Gasteiger partial charge in [-0.2, -0.15) is 0 Å². The van der Waals surface area contributed by atoms with Crippen LogP contribution in [0.5, 0.6) is 5.75 Å². The molecule has 1 aliphatic rings. The number of rotatable bonds is 3. The van der Waals surface area contributed by atoms with Gasteiger partial charge in [0.1, 0.15) is 17.2 Å². The number of benzene rings is 1. The maximum Gasteiger partial charge on any atom is 0.348 e. The molecule has 0 saturated heterocycles. The second kappa shape index (κ2) is 5.81. The summed E-state index contributed by atoms with van der Waals surface area (Å²) >= 11 is 1.38. The lowest BCUT2D eigenvalue weighted by atomic mass is 9.91. The molecule has 0 amide bonds. The predicted molar refractivity (Wildman–Crippen MR) is 88.8 cm³/mol. The number of esters is 1. The zero-order chi connectivity index (χ0) is 16.6. The Labute approximate surface area is 139 Å². The number of ketones is 1. The quantitative estimate of drug-likeness (QED) is 0.796. The van der Waals surface area contributed by atoms with Gasteiger partial charge in [-0.05, 0) is 18.2 Å². The fourth-order valence-corrected chi connectivity index (χ4v) is 3.31. The average Bonchev–Trinajstić information content (AvgIpc) is 2.96. The summed E-state index contributed by atoms with van der Waals surface area (Å²) in [6.45, 7) is 5.67. The minimum absolute atomic E-state index is 0.0964. The topological polar surface area (TPSA) is 52.6 Å². The van der Waals surface area contributed by atoms with E-state index in [1.807, 2.05) is 24.3 Å². The van der Waals surface area contributed by atoms with E-state index < -0.39 is 11.4 Å². The van der Waals surface area contributed by atoms with Crippen LogP contribution in [-0.2, 0) is 16.1 Å². The number of hydrogen-bond acceptors (Lipinski definition) is 5. The van der Waals surface area contributed by atoms with Crippen molar-refractivity contribution in [3.63, 3.8) is 0 Å². The molecule has 1 aromatic carbocycles. The van der Waals surface area contributed by atoms with Crippen LogP contribution in [-0.4, -0.2) is 18.4 Å². The van der Waals surface area contributed by atoms with Gasteiger partial charge in [0, 0.05) is 21.4 Å². The van der Waals surface area contributed by atoms with Gasteiger partial charge in [0.25, 0.3) is 0 Å². The van der Waals surface area contributed by atoms with E-state index in [0.29, 0.717) is 11.5 Å². The van der Waals surface area contributed by atoms with Crippen molar-refractivity contribution in [3.8, 4) is 16.2 Å². The van der Waals surface area contributed by atoms with Crippen molar-refractivity contribution < 1.29 is 19.1 Å². The molecule has 23 heavy (non-hydrogen) atoms. The number of hydrogen-bond donors (Lipinski definition) is 0. The van der Waals surface area contributed by atoms with E-state index in [1.165, 1.54) is 11.3 Å². The van der Waals surface area contributed by atoms with E-state index in [-0.39, 0.29) is 12.4 Å². The van der Waals surface area contributed by atoms with Crippen LogP contribution in [0.1, 0.15) is 36.0 Å². The van der Waals surface area contributed by atoms with Crippen molar-refractivity contribution in [3.05, 3.63) is 40.8 Å². The predicted octanol–water partition coefficient (Wildman–Crippen LogP) is 4.08. The fourth-order valence-electron chi connectivity index (χ4n) is 2.22. The molecule has 1 aromatic heterocycles. The number of para-hydroxylation sites is 1. The van der Waals surface area contributed by atoms with Gasteiger partial charge in [-0.3, -0.25) is 4.79 Å². The van der Waals surface area contributed by atoms with Gasteiger partial charge in [-0.15, -0.1) is 11.3 Å². The Morgan fingerprint density at radius 1 is 1.26 bits per heavy atom. The van der Waals surface area contributed by atoms with E-state index in [0.717, 1.165) is 21.8 Å². The zero-order valence-corrected chi connectivity index (χ0v) is 14.2. The molecule has 5 heteroatoms. The molecule has 2 aromatic rings. The van der Waals surface area contributed by atoms with Crippen molar-refractivity contribution in [2.75, 3.05) is 6.61 Å². The first-order chi connectivity index (χ1) is 10.9. The molecule has 4 nitrogen and oxygen atoms in total. The Morgan fingerprint density at radius 2 is 2.00 bits per heavy atom. The van der Waals surface area contributed by atoms with Crippen molar-refractivity contribution in [2.45, 2.75) is 27.4 Å². The molecule has 0 atom stereocenters. The highest BCUT2D eigenvalue weighted by Crippen LogP contribution is 2.42. The van der Waals surface area contributed by atoms with Crippen LogP contribution in [0, 0.1) is 5.41 Å². The number of carbonyl (C=O) groups excluding carboxylic acids is 2. The molecule has 0 aliphatic carbocycles. The average molecular weight is 330 g/mol. The minimum atomic E-state index is -0.512. The van der Waals surface area contributed by atoms with Crippen molar-refractivity contribution in [2.24, 2.45) is 5.41 Å². The summed E-state index contributed by atoms with van der Waals surface area (Å²) in [5.74, 6) is 0.269. The van der Waals surface area contributed by atoms with Gasteiger partial charge in [-0.25, -0.2) is 4.79 Å². The van der Waals surface area contributed by atoms with Crippen molar-refractivity contribution in [1.82, 2.24) is 0 Å². The third-order valence-corrected chi connectivity index (χ3v) is 4.89. The first-order valence-electron chi connectivity index (χ1n) is 7.41. The van der Waals surface area contributed by atoms with Crippen molar-refractivity contribution >= 4 is 23.1 Å². The van der Waals surface area contributed by atoms with E-state index in [9.17, 15) is 9.59 Å². The third kappa shape index (κ3) is 3.15. The number of ether oxygens (including phenoxy) is 2. The maximum absolute atomic E-state index is 12.2. The molecular weight excluding hydrogens is 312 g/mol. The summed E-state index contributed by atoms with van der Waals surface area (Å²) < 4.78 is 10.8. The van der Waals surface area contributed by atoms with Crippen molar-refractivity contribution in [1.29, 1.82) is 0 Å².